The number of nitrogens with zero attached hydrogens (tertiary/aromatic N) is 2. The highest BCUT2D eigenvalue weighted by Crippen LogP contribution is 2.08. The van der Waals surface area contributed by atoms with Crippen LogP contribution in [0.1, 0.15) is 17.4 Å². The molecule has 0 aliphatic heterocycles. The second kappa shape index (κ2) is 5.27. The van der Waals surface area contributed by atoms with E-state index in [9.17, 15) is 0 Å². The number of aryl methyl sites for hydroxylation is 1. The summed E-state index contributed by atoms with van der Waals surface area (Å²) in [6.07, 6.45) is 3.97. The van der Waals surface area contributed by atoms with E-state index < -0.39 is 0 Å². The zero-order valence-electron chi connectivity index (χ0n) is 9.68. The maximum atomic E-state index is 4.28. The zero-order chi connectivity index (χ0) is 11.4. The summed E-state index contributed by atoms with van der Waals surface area (Å²) in [5, 5.41) is 9.88. The first kappa shape index (κ1) is 11.4. The van der Waals surface area contributed by atoms with Crippen molar-refractivity contribution < 1.29 is 0 Å². The molecule has 4 heteroatoms. The van der Waals surface area contributed by atoms with Crippen LogP contribution in [0.15, 0.2) is 29.9 Å². The Morgan fingerprint density at radius 2 is 2.44 bits per heavy atom. The number of hydrogen-bond acceptors (Lipinski definition) is 3. The Morgan fingerprint density at radius 3 is 3.06 bits per heavy atom. The van der Waals surface area contributed by atoms with Gasteiger partial charge in [0, 0.05) is 23.7 Å². The largest absolute Gasteiger partial charge is 0.308 e. The maximum Gasteiger partial charge on any atom is 0.0560 e. The van der Waals surface area contributed by atoms with Crippen LogP contribution in [0, 0.1) is 6.92 Å². The number of nitrogens with one attached hydrogen (secondary N) is 1. The molecule has 3 nitrogen and oxygen atoms in total. The topological polar surface area (TPSA) is 29.9 Å². The molecule has 0 radical (unpaired) electrons. The van der Waals surface area contributed by atoms with Gasteiger partial charge in [-0.05, 0) is 30.9 Å². The Balaban J connectivity index is 1.78. The predicted octanol–water partition coefficient (Wildman–Crippen LogP) is 2.43. The molecule has 2 rings (SSSR count). The van der Waals surface area contributed by atoms with Gasteiger partial charge in [0.05, 0.1) is 12.7 Å². The molecule has 0 bridgehead atoms. The van der Waals surface area contributed by atoms with Crippen LogP contribution in [-0.4, -0.2) is 15.8 Å². The first-order valence-electron chi connectivity index (χ1n) is 5.49. The van der Waals surface area contributed by atoms with Gasteiger partial charge in [-0.15, -0.1) is 11.3 Å². The van der Waals surface area contributed by atoms with Crippen molar-refractivity contribution in [3.05, 3.63) is 40.3 Å². The Morgan fingerprint density at radius 1 is 1.56 bits per heavy atom. The molecule has 2 aromatic rings. The molecule has 0 aliphatic carbocycles. The van der Waals surface area contributed by atoms with Crippen LogP contribution >= 0.6 is 11.3 Å². The molecule has 0 fully saturated rings. The van der Waals surface area contributed by atoms with Gasteiger partial charge in [0.15, 0.2) is 0 Å². The number of aromatic nitrogens is 2. The van der Waals surface area contributed by atoms with Crippen molar-refractivity contribution in [3.8, 4) is 0 Å². The van der Waals surface area contributed by atoms with E-state index in [1.54, 1.807) is 11.3 Å². The minimum atomic E-state index is 0.432. The first-order chi connectivity index (χ1) is 7.74. The summed E-state index contributed by atoms with van der Waals surface area (Å²) in [6.45, 7) is 6.11. The third-order valence-corrected chi connectivity index (χ3v) is 3.30. The highest BCUT2D eigenvalue weighted by Gasteiger charge is 2.03. The molecule has 16 heavy (non-hydrogen) atoms. The lowest BCUT2D eigenvalue weighted by Gasteiger charge is -2.12. The summed E-state index contributed by atoms with van der Waals surface area (Å²) < 4.78 is 1.99. The highest BCUT2D eigenvalue weighted by molar-refractivity contribution is 7.09. The van der Waals surface area contributed by atoms with Crippen LogP contribution in [0.4, 0.5) is 0 Å². The molecule has 2 aromatic heterocycles. The summed E-state index contributed by atoms with van der Waals surface area (Å²) >= 11 is 1.79. The Hall–Kier alpha value is -1.13. The van der Waals surface area contributed by atoms with Crippen LogP contribution < -0.4 is 5.32 Å². The van der Waals surface area contributed by atoms with Crippen LogP contribution in [0.25, 0.3) is 0 Å². The minimum absolute atomic E-state index is 0.432. The van der Waals surface area contributed by atoms with Gasteiger partial charge in [-0.1, -0.05) is 6.07 Å². The van der Waals surface area contributed by atoms with Crippen molar-refractivity contribution in [2.24, 2.45) is 0 Å². The average Bonchev–Trinajstić information content (AvgIpc) is 2.87. The Bertz CT molecular complexity index is 419. The van der Waals surface area contributed by atoms with Gasteiger partial charge in [-0.3, -0.25) is 4.68 Å². The third kappa shape index (κ3) is 3.18. The van der Waals surface area contributed by atoms with Gasteiger partial charge in [-0.25, -0.2) is 0 Å². The molecule has 0 unspecified atom stereocenters. The fourth-order valence-corrected chi connectivity index (χ4v) is 2.26. The van der Waals surface area contributed by atoms with Crippen molar-refractivity contribution in [1.82, 2.24) is 15.1 Å². The van der Waals surface area contributed by atoms with Crippen molar-refractivity contribution in [1.29, 1.82) is 0 Å². The van der Waals surface area contributed by atoms with Gasteiger partial charge in [0.25, 0.3) is 0 Å². The normalized spacial score (nSPS) is 12.9. The smallest absolute Gasteiger partial charge is 0.0560 e. The zero-order valence-corrected chi connectivity index (χ0v) is 10.5. The summed E-state index contributed by atoms with van der Waals surface area (Å²) in [6, 6.07) is 4.67. The quantitative estimate of drug-likeness (QED) is 0.862. The van der Waals surface area contributed by atoms with E-state index in [1.165, 1.54) is 10.4 Å². The summed E-state index contributed by atoms with van der Waals surface area (Å²) in [7, 11) is 0. The van der Waals surface area contributed by atoms with E-state index in [2.05, 4.69) is 48.0 Å². The summed E-state index contributed by atoms with van der Waals surface area (Å²) in [4.78, 5) is 1.38. The minimum Gasteiger partial charge on any atom is -0.308 e. The standard InChI is InChI=1S/C12H17N3S/c1-10-6-14-15(8-10)9-11(2)13-7-12-4-3-5-16-12/h3-6,8,11,13H,7,9H2,1-2H3/t11-/m1/s1. The van der Waals surface area contributed by atoms with E-state index in [0.29, 0.717) is 6.04 Å². The van der Waals surface area contributed by atoms with E-state index in [-0.39, 0.29) is 0 Å². The van der Waals surface area contributed by atoms with E-state index in [0.717, 1.165) is 13.1 Å². The van der Waals surface area contributed by atoms with Crippen molar-refractivity contribution in [2.45, 2.75) is 33.0 Å². The molecule has 2 heterocycles. The molecule has 0 saturated carbocycles. The molecule has 86 valence electrons. The Labute approximate surface area is 100 Å². The average molecular weight is 235 g/mol. The number of thiophene rings is 1. The summed E-state index contributed by atoms with van der Waals surface area (Å²) in [5.74, 6) is 0. The van der Waals surface area contributed by atoms with E-state index in [1.807, 2.05) is 10.9 Å². The van der Waals surface area contributed by atoms with Crippen molar-refractivity contribution >= 4 is 11.3 Å². The monoisotopic (exact) mass is 235 g/mol. The van der Waals surface area contributed by atoms with Gasteiger partial charge in [0.1, 0.15) is 0 Å². The number of rotatable bonds is 5. The van der Waals surface area contributed by atoms with E-state index >= 15 is 0 Å². The fourth-order valence-electron chi connectivity index (χ4n) is 1.60. The van der Waals surface area contributed by atoms with Gasteiger partial charge >= 0.3 is 0 Å². The number of hydrogen-bond donors (Lipinski definition) is 1. The molecule has 1 N–H and O–H groups in total. The molecular formula is C12H17N3S. The SMILES string of the molecule is Cc1cnn(C[C@@H](C)NCc2cccs2)c1. The third-order valence-electron chi connectivity index (χ3n) is 2.43. The Kier molecular flexibility index (Phi) is 3.74. The van der Waals surface area contributed by atoms with Crippen LogP contribution in [-0.2, 0) is 13.1 Å². The molecular weight excluding hydrogens is 218 g/mol. The predicted molar refractivity (Wildman–Crippen MR) is 67.6 cm³/mol. The lowest BCUT2D eigenvalue weighted by molar-refractivity contribution is 0.452. The molecule has 0 saturated heterocycles. The fraction of sp³-hybridized carbons (Fsp3) is 0.417. The van der Waals surface area contributed by atoms with Crippen LogP contribution in [0.2, 0.25) is 0 Å². The second-order valence-corrected chi connectivity index (χ2v) is 5.13. The van der Waals surface area contributed by atoms with Crippen LogP contribution in [0.5, 0.6) is 0 Å². The van der Waals surface area contributed by atoms with Crippen LogP contribution in [0.3, 0.4) is 0 Å². The van der Waals surface area contributed by atoms with Gasteiger partial charge < -0.3 is 5.32 Å². The molecule has 0 aromatic carbocycles. The highest BCUT2D eigenvalue weighted by atomic mass is 32.1. The van der Waals surface area contributed by atoms with Gasteiger partial charge in [-0.2, -0.15) is 5.10 Å². The molecule has 1 atom stereocenters. The summed E-state index contributed by atoms with van der Waals surface area (Å²) in [5.41, 5.74) is 1.21. The van der Waals surface area contributed by atoms with E-state index in [4.69, 9.17) is 0 Å². The first-order valence-corrected chi connectivity index (χ1v) is 6.37. The van der Waals surface area contributed by atoms with Gasteiger partial charge in [0.2, 0.25) is 0 Å². The lowest BCUT2D eigenvalue weighted by atomic mass is 10.3. The second-order valence-electron chi connectivity index (χ2n) is 4.10. The van der Waals surface area contributed by atoms with Crippen molar-refractivity contribution in [2.75, 3.05) is 0 Å². The molecule has 0 amide bonds. The lowest BCUT2D eigenvalue weighted by Crippen LogP contribution is -2.29. The molecule has 0 aliphatic rings. The molecule has 0 spiro atoms. The van der Waals surface area contributed by atoms with Crippen molar-refractivity contribution in [3.63, 3.8) is 0 Å². The maximum absolute atomic E-state index is 4.28.